The second-order valence-corrected chi connectivity index (χ2v) is 4.12. The maximum Gasteiger partial charge on any atom is 0.328 e. The zero-order valence-electron chi connectivity index (χ0n) is 8.69. The molecular weight excluding hydrogens is 214 g/mol. The molecule has 1 aliphatic carbocycles. The predicted molar refractivity (Wildman–Crippen MR) is 56.1 cm³/mol. The highest BCUT2D eigenvalue weighted by molar-refractivity contribution is 7.71. The van der Waals surface area contributed by atoms with Gasteiger partial charge in [0.1, 0.15) is 11.9 Å². The van der Waals surface area contributed by atoms with Crippen molar-refractivity contribution in [1.29, 1.82) is 0 Å². The summed E-state index contributed by atoms with van der Waals surface area (Å²) in [7, 11) is 1.37. The molecule has 82 valence electrons. The van der Waals surface area contributed by atoms with E-state index in [2.05, 4.69) is 10.2 Å². The number of nitrogens with one attached hydrogen (secondary N) is 1. The quantitative estimate of drug-likeness (QED) is 0.628. The topological polar surface area (TPSA) is 59.9 Å². The third-order valence-corrected chi connectivity index (χ3v) is 2.89. The van der Waals surface area contributed by atoms with E-state index in [0.717, 1.165) is 18.7 Å². The number of methoxy groups -OCH3 is 1. The minimum absolute atomic E-state index is 0.297. The first-order valence-corrected chi connectivity index (χ1v) is 5.30. The number of H-pyrrole nitrogens is 1. The van der Waals surface area contributed by atoms with Gasteiger partial charge in [0, 0.05) is 5.92 Å². The Balaban J connectivity index is 2.36. The van der Waals surface area contributed by atoms with Gasteiger partial charge < -0.3 is 4.74 Å². The highest BCUT2D eigenvalue weighted by atomic mass is 32.1. The number of carbonyl (C=O) groups is 1. The van der Waals surface area contributed by atoms with Gasteiger partial charge in [-0.3, -0.25) is 9.67 Å². The van der Waals surface area contributed by atoms with Gasteiger partial charge in [0.2, 0.25) is 0 Å². The number of esters is 1. The van der Waals surface area contributed by atoms with Gasteiger partial charge in [0.05, 0.1) is 7.11 Å². The fourth-order valence-electron chi connectivity index (χ4n) is 1.60. The summed E-state index contributed by atoms with van der Waals surface area (Å²) >= 11 is 5.10. The standard InChI is InChI=1S/C9H13N3O2S/c1-5(8(13)14-2)12-7(6-3-4-6)10-11-9(12)15/h5-6H,3-4H2,1-2H3,(H,11,15). The molecule has 5 nitrogen and oxygen atoms in total. The minimum Gasteiger partial charge on any atom is -0.467 e. The molecule has 1 atom stereocenters. The van der Waals surface area contributed by atoms with Crippen molar-refractivity contribution >= 4 is 18.2 Å². The van der Waals surface area contributed by atoms with Crippen LogP contribution in [0.2, 0.25) is 0 Å². The summed E-state index contributed by atoms with van der Waals surface area (Å²) < 4.78 is 6.93. The molecular formula is C9H13N3O2S. The number of aromatic amines is 1. The Hall–Kier alpha value is -1.17. The van der Waals surface area contributed by atoms with Crippen molar-refractivity contribution in [2.75, 3.05) is 7.11 Å². The molecule has 1 aliphatic rings. The van der Waals surface area contributed by atoms with E-state index in [1.807, 2.05) is 0 Å². The number of aromatic nitrogens is 3. The van der Waals surface area contributed by atoms with Gasteiger partial charge in [-0.15, -0.1) is 0 Å². The Morgan fingerprint density at radius 1 is 1.73 bits per heavy atom. The summed E-state index contributed by atoms with van der Waals surface area (Å²) in [6, 6.07) is -0.406. The lowest BCUT2D eigenvalue weighted by molar-refractivity contribution is -0.144. The molecule has 0 amide bonds. The van der Waals surface area contributed by atoms with E-state index in [1.165, 1.54) is 7.11 Å². The second kappa shape index (κ2) is 3.77. The molecule has 0 saturated heterocycles. The number of hydrogen-bond acceptors (Lipinski definition) is 4. The van der Waals surface area contributed by atoms with Crippen molar-refractivity contribution in [1.82, 2.24) is 14.8 Å². The third-order valence-electron chi connectivity index (χ3n) is 2.60. The SMILES string of the molecule is COC(=O)C(C)n1c(C2CC2)n[nH]c1=S. The molecule has 1 heterocycles. The Kier molecular flexibility index (Phi) is 2.60. The third kappa shape index (κ3) is 1.81. The van der Waals surface area contributed by atoms with E-state index >= 15 is 0 Å². The molecule has 0 aliphatic heterocycles. The first-order chi connectivity index (χ1) is 7.15. The highest BCUT2D eigenvalue weighted by Gasteiger charge is 2.32. The summed E-state index contributed by atoms with van der Waals surface area (Å²) in [6.07, 6.45) is 2.24. The van der Waals surface area contributed by atoms with E-state index in [1.54, 1.807) is 11.5 Å². The summed E-state index contributed by atoms with van der Waals surface area (Å²) in [4.78, 5) is 11.4. The molecule has 1 aromatic rings. The number of hydrogen-bond donors (Lipinski definition) is 1. The van der Waals surface area contributed by atoms with Gasteiger partial charge in [-0.05, 0) is 32.0 Å². The van der Waals surface area contributed by atoms with Crippen molar-refractivity contribution < 1.29 is 9.53 Å². The number of carbonyl (C=O) groups excluding carboxylic acids is 1. The lowest BCUT2D eigenvalue weighted by atomic mass is 10.3. The first-order valence-electron chi connectivity index (χ1n) is 4.89. The van der Waals surface area contributed by atoms with E-state index in [0.29, 0.717) is 10.7 Å². The van der Waals surface area contributed by atoms with Crippen LogP contribution in [-0.2, 0) is 9.53 Å². The largest absolute Gasteiger partial charge is 0.467 e. The Bertz CT molecular complexity index is 433. The van der Waals surface area contributed by atoms with E-state index < -0.39 is 6.04 Å². The van der Waals surface area contributed by atoms with Crippen molar-refractivity contribution in [3.05, 3.63) is 10.6 Å². The molecule has 0 bridgehead atoms. The van der Waals surface area contributed by atoms with E-state index in [9.17, 15) is 4.79 Å². The lowest BCUT2D eigenvalue weighted by Gasteiger charge is -2.12. The summed E-state index contributed by atoms with van der Waals surface area (Å²) in [5.41, 5.74) is 0. The van der Waals surface area contributed by atoms with Gasteiger partial charge >= 0.3 is 5.97 Å². The molecule has 0 radical (unpaired) electrons. The van der Waals surface area contributed by atoms with E-state index in [-0.39, 0.29) is 5.97 Å². The van der Waals surface area contributed by atoms with Crippen LogP contribution < -0.4 is 0 Å². The minimum atomic E-state index is -0.406. The summed E-state index contributed by atoms with van der Waals surface area (Å²) in [5, 5.41) is 6.88. The molecule has 1 fully saturated rings. The summed E-state index contributed by atoms with van der Waals surface area (Å²) in [6.45, 7) is 1.77. The molecule has 6 heteroatoms. The van der Waals surface area contributed by atoms with Crippen LogP contribution in [-0.4, -0.2) is 27.8 Å². The van der Waals surface area contributed by atoms with Crippen LogP contribution in [0, 0.1) is 4.77 Å². The smallest absolute Gasteiger partial charge is 0.328 e. The fourth-order valence-corrected chi connectivity index (χ4v) is 1.89. The average Bonchev–Trinajstić information content (AvgIpc) is 3.00. The van der Waals surface area contributed by atoms with Gasteiger partial charge in [0.15, 0.2) is 4.77 Å². The van der Waals surface area contributed by atoms with Crippen LogP contribution in [0.25, 0.3) is 0 Å². The van der Waals surface area contributed by atoms with Crippen molar-refractivity contribution in [2.45, 2.75) is 31.7 Å². The predicted octanol–water partition coefficient (Wildman–Crippen LogP) is 1.55. The van der Waals surface area contributed by atoms with Crippen LogP contribution >= 0.6 is 12.2 Å². The van der Waals surface area contributed by atoms with Crippen LogP contribution in [0.3, 0.4) is 0 Å². The van der Waals surface area contributed by atoms with Crippen LogP contribution in [0.5, 0.6) is 0 Å². The van der Waals surface area contributed by atoms with Crippen LogP contribution in [0.4, 0.5) is 0 Å². The lowest BCUT2D eigenvalue weighted by Crippen LogP contribution is -2.19. The van der Waals surface area contributed by atoms with Crippen molar-refractivity contribution in [2.24, 2.45) is 0 Å². The van der Waals surface area contributed by atoms with Crippen LogP contribution in [0.15, 0.2) is 0 Å². The normalized spacial score (nSPS) is 17.5. The van der Waals surface area contributed by atoms with E-state index in [4.69, 9.17) is 17.0 Å². The fraction of sp³-hybridized carbons (Fsp3) is 0.667. The number of rotatable bonds is 3. The number of nitrogens with zero attached hydrogens (tertiary/aromatic N) is 2. The zero-order chi connectivity index (χ0) is 11.0. The Labute approximate surface area is 92.4 Å². The van der Waals surface area contributed by atoms with Crippen molar-refractivity contribution in [3.63, 3.8) is 0 Å². The number of ether oxygens (including phenoxy) is 1. The van der Waals surface area contributed by atoms with Gasteiger partial charge in [-0.25, -0.2) is 4.79 Å². The molecule has 1 N–H and O–H groups in total. The van der Waals surface area contributed by atoms with Crippen molar-refractivity contribution in [3.8, 4) is 0 Å². The average molecular weight is 227 g/mol. The Morgan fingerprint density at radius 3 is 2.93 bits per heavy atom. The maximum absolute atomic E-state index is 11.4. The molecule has 15 heavy (non-hydrogen) atoms. The summed E-state index contributed by atoms with van der Waals surface area (Å²) in [5.74, 6) is 1.03. The molecule has 1 saturated carbocycles. The molecule has 2 rings (SSSR count). The second-order valence-electron chi connectivity index (χ2n) is 3.73. The monoisotopic (exact) mass is 227 g/mol. The molecule has 1 aromatic heterocycles. The highest BCUT2D eigenvalue weighted by Crippen LogP contribution is 2.39. The van der Waals surface area contributed by atoms with Gasteiger partial charge in [-0.2, -0.15) is 5.10 Å². The van der Waals surface area contributed by atoms with Crippen LogP contribution in [0.1, 0.15) is 37.5 Å². The zero-order valence-corrected chi connectivity index (χ0v) is 9.50. The first kappa shape index (κ1) is 10.4. The molecule has 0 aromatic carbocycles. The molecule has 0 spiro atoms. The molecule has 1 unspecified atom stereocenters. The van der Waals surface area contributed by atoms with Gasteiger partial charge in [-0.1, -0.05) is 0 Å². The Morgan fingerprint density at radius 2 is 2.40 bits per heavy atom. The van der Waals surface area contributed by atoms with Gasteiger partial charge in [0.25, 0.3) is 0 Å². The maximum atomic E-state index is 11.4.